The van der Waals surface area contributed by atoms with Crippen molar-refractivity contribution in [2.24, 2.45) is 7.05 Å². The maximum absolute atomic E-state index is 4.35. The Hall–Kier alpha value is -1.51. The van der Waals surface area contributed by atoms with E-state index in [1.807, 2.05) is 25.0 Å². The van der Waals surface area contributed by atoms with Gasteiger partial charge in [-0.25, -0.2) is 4.98 Å². The minimum absolute atomic E-state index is 1.05. The van der Waals surface area contributed by atoms with Gasteiger partial charge in [0, 0.05) is 14.1 Å². The Morgan fingerprint density at radius 3 is 2.85 bits per heavy atom. The molecule has 0 bridgehead atoms. The summed E-state index contributed by atoms with van der Waals surface area (Å²) in [6.45, 7) is 2.08. The van der Waals surface area contributed by atoms with Crippen LogP contribution in [0.3, 0.4) is 0 Å². The molecule has 2 aromatic rings. The van der Waals surface area contributed by atoms with Gasteiger partial charge in [0.05, 0.1) is 17.5 Å². The molecule has 0 aliphatic carbocycles. The number of hydrogen-bond donors (Lipinski definition) is 1. The molecule has 13 heavy (non-hydrogen) atoms. The van der Waals surface area contributed by atoms with Gasteiger partial charge in [0.25, 0.3) is 0 Å². The molecule has 0 spiro atoms. The first-order chi connectivity index (χ1) is 6.24. The van der Waals surface area contributed by atoms with E-state index in [1.54, 1.807) is 0 Å². The minimum Gasteiger partial charge on any atom is -0.386 e. The molecule has 68 valence electrons. The highest BCUT2D eigenvalue weighted by molar-refractivity contribution is 5.90. The molecule has 0 saturated carbocycles. The summed E-state index contributed by atoms with van der Waals surface area (Å²) < 4.78 is 2.02. The van der Waals surface area contributed by atoms with E-state index in [0.717, 1.165) is 16.7 Å². The largest absolute Gasteiger partial charge is 0.386 e. The van der Waals surface area contributed by atoms with Gasteiger partial charge < -0.3 is 9.88 Å². The fourth-order valence-corrected chi connectivity index (χ4v) is 1.62. The average molecular weight is 175 g/mol. The lowest BCUT2D eigenvalue weighted by Crippen LogP contribution is -1.93. The number of benzene rings is 1. The van der Waals surface area contributed by atoms with E-state index in [2.05, 4.69) is 29.4 Å². The van der Waals surface area contributed by atoms with E-state index >= 15 is 0 Å². The third-order valence-electron chi connectivity index (χ3n) is 2.35. The van der Waals surface area contributed by atoms with Crippen molar-refractivity contribution in [3.05, 3.63) is 24.0 Å². The number of hydrogen-bond acceptors (Lipinski definition) is 2. The summed E-state index contributed by atoms with van der Waals surface area (Å²) in [6, 6.07) is 4.20. The standard InChI is InChI=1S/C10H13N3/c1-7-4-5-8-10(9(7)11-2)12-6-13(8)3/h4-6,11H,1-3H3. The SMILES string of the molecule is CNc1c(C)ccc2c1ncn2C. The number of rotatable bonds is 1. The Kier molecular flexibility index (Phi) is 1.72. The van der Waals surface area contributed by atoms with Crippen LogP contribution in [0.4, 0.5) is 5.69 Å². The van der Waals surface area contributed by atoms with Crippen molar-refractivity contribution in [3.63, 3.8) is 0 Å². The third kappa shape index (κ3) is 1.08. The van der Waals surface area contributed by atoms with Gasteiger partial charge in [0.15, 0.2) is 0 Å². The zero-order valence-corrected chi connectivity index (χ0v) is 8.13. The van der Waals surface area contributed by atoms with Crippen LogP contribution in [-0.2, 0) is 7.05 Å². The van der Waals surface area contributed by atoms with Crippen LogP contribution in [0.5, 0.6) is 0 Å². The maximum atomic E-state index is 4.35. The summed E-state index contributed by atoms with van der Waals surface area (Å²) in [6.07, 6.45) is 1.84. The van der Waals surface area contributed by atoms with Crippen molar-refractivity contribution in [2.75, 3.05) is 12.4 Å². The predicted molar refractivity (Wildman–Crippen MR) is 55.0 cm³/mol. The summed E-state index contributed by atoms with van der Waals surface area (Å²) in [7, 11) is 3.93. The summed E-state index contributed by atoms with van der Waals surface area (Å²) in [5.41, 5.74) is 4.56. The molecular formula is C10H13N3. The molecular weight excluding hydrogens is 162 g/mol. The molecule has 3 heteroatoms. The monoisotopic (exact) mass is 175 g/mol. The van der Waals surface area contributed by atoms with Gasteiger partial charge in [0.1, 0.15) is 5.52 Å². The number of fused-ring (bicyclic) bond motifs is 1. The lowest BCUT2D eigenvalue weighted by molar-refractivity contribution is 0.947. The first kappa shape index (κ1) is 8.10. The molecule has 0 amide bonds. The van der Waals surface area contributed by atoms with Gasteiger partial charge in [-0.3, -0.25) is 0 Å². The van der Waals surface area contributed by atoms with Crippen LogP contribution in [-0.4, -0.2) is 16.6 Å². The first-order valence-electron chi connectivity index (χ1n) is 4.32. The summed E-state index contributed by atoms with van der Waals surface area (Å²) in [5, 5.41) is 3.18. The lowest BCUT2D eigenvalue weighted by Gasteiger charge is -2.05. The number of imidazole rings is 1. The van der Waals surface area contributed by atoms with Gasteiger partial charge in [-0.2, -0.15) is 0 Å². The molecule has 1 aromatic heterocycles. The molecule has 0 fully saturated rings. The van der Waals surface area contributed by atoms with Crippen molar-refractivity contribution in [3.8, 4) is 0 Å². The van der Waals surface area contributed by atoms with Crippen molar-refractivity contribution in [1.29, 1.82) is 0 Å². The average Bonchev–Trinajstić information content (AvgIpc) is 2.48. The minimum atomic E-state index is 1.05. The van der Waals surface area contributed by atoms with Crippen molar-refractivity contribution < 1.29 is 0 Å². The Balaban J connectivity index is 2.85. The molecule has 1 aromatic carbocycles. The molecule has 1 heterocycles. The molecule has 0 radical (unpaired) electrons. The Labute approximate surface area is 77.4 Å². The van der Waals surface area contributed by atoms with Crippen LogP contribution in [0.15, 0.2) is 18.5 Å². The van der Waals surface area contributed by atoms with E-state index in [4.69, 9.17) is 0 Å². The highest BCUT2D eigenvalue weighted by Gasteiger charge is 2.06. The topological polar surface area (TPSA) is 29.9 Å². The lowest BCUT2D eigenvalue weighted by atomic mass is 10.1. The maximum Gasteiger partial charge on any atom is 0.112 e. The van der Waals surface area contributed by atoms with Crippen molar-refractivity contribution in [2.45, 2.75) is 6.92 Å². The second-order valence-electron chi connectivity index (χ2n) is 3.23. The van der Waals surface area contributed by atoms with E-state index in [0.29, 0.717) is 0 Å². The predicted octanol–water partition coefficient (Wildman–Crippen LogP) is 1.92. The summed E-state index contributed by atoms with van der Waals surface area (Å²) in [4.78, 5) is 4.35. The van der Waals surface area contributed by atoms with Crippen molar-refractivity contribution >= 4 is 16.7 Å². The van der Waals surface area contributed by atoms with Crippen LogP contribution >= 0.6 is 0 Å². The van der Waals surface area contributed by atoms with Crippen LogP contribution in [0, 0.1) is 6.92 Å². The van der Waals surface area contributed by atoms with E-state index in [-0.39, 0.29) is 0 Å². The molecule has 0 aliphatic heterocycles. The molecule has 0 atom stereocenters. The van der Waals surface area contributed by atoms with Crippen molar-refractivity contribution in [1.82, 2.24) is 9.55 Å². The zero-order valence-electron chi connectivity index (χ0n) is 8.13. The first-order valence-corrected chi connectivity index (χ1v) is 4.32. The van der Waals surface area contributed by atoms with Gasteiger partial charge in [-0.1, -0.05) is 6.07 Å². The van der Waals surface area contributed by atoms with Gasteiger partial charge in [-0.05, 0) is 18.6 Å². The fourth-order valence-electron chi connectivity index (χ4n) is 1.62. The quantitative estimate of drug-likeness (QED) is 0.717. The Bertz CT molecular complexity index is 443. The van der Waals surface area contributed by atoms with Crippen LogP contribution in [0.2, 0.25) is 0 Å². The van der Waals surface area contributed by atoms with Crippen LogP contribution in [0.1, 0.15) is 5.56 Å². The van der Waals surface area contributed by atoms with Gasteiger partial charge in [-0.15, -0.1) is 0 Å². The number of aromatic nitrogens is 2. The molecule has 0 saturated heterocycles. The third-order valence-corrected chi connectivity index (χ3v) is 2.35. The Morgan fingerprint density at radius 2 is 2.15 bits per heavy atom. The highest BCUT2D eigenvalue weighted by Crippen LogP contribution is 2.24. The van der Waals surface area contributed by atoms with E-state index in [9.17, 15) is 0 Å². The molecule has 0 unspecified atom stereocenters. The van der Waals surface area contributed by atoms with Gasteiger partial charge in [0.2, 0.25) is 0 Å². The van der Waals surface area contributed by atoms with Crippen LogP contribution < -0.4 is 5.32 Å². The second kappa shape index (κ2) is 2.76. The van der Waals surface area contributed by atoms with E-state index < -0.39 is 0 Å². The number of nitrogens with zero attached hydrogens (tertiary/aromatic N) is 2. The second-order valence-corrected chi connectivity index (χ2v) is 3.23. The van der Waals surface area contributed by atoms with E-state index in [1.165, 1.54) is 5.56 Å². The fraction of sp³-hybridized carbons (Fsp3) is 0.300. The number of anilines is 1. The molecule has 0 aliphatic rings. The smallest absolute Gasteiger partial charge is 0.112 e. The van der Waals surface area contributed by atoms with Gasteiger partial charge >= 0.3 is 0 Å². The number of nitrogens with one attached hydrogen (secondary N) is 1. The summed E-state index contributed by atoms with van der Waals surface area (Å²) in [5.74, 6) is 0. The molecule has 1 N–H and O–H groups in total. The summed E-state index contributed by atoms with van der Waals surface area (Å²) >= 11 is 0. The normalized spacial score (nSPS) is 10.7. The molecule has 3 nitrogen and oxygen atoms in total. The Morgan fingerprint density at radius 1 is 1.38 bits per heavy atom. The highest BCUT2D eigenvalue weighted by atomic mass is 15.0. The molecule has 2 rings (SSSR count). The number of aryl methyl sites for hydroxylation is 2. The van der Waals surface area contributed by atoms with Crippen LogP contribution in [0.25, 0.3) is 11.0 Å². The zero-order chi connectivity index (χ0) is 9.42.